The zero-order valence-electron chi connectivity index (χ0n) is 10.5. The first-order chi connectivity index (χ1) is 8.22. The zero-order valence-corrected chi connectivity index (χ0v) is 11.3. The molecule has 1 aliphatic rings. The van der Waals surface area contributed by atoms with Crippen molar-refractivity contribution in [2.24, 2.45) is 0 Å². The van der Waals surface area contributed by atoms with Gasteiger partial charge in [-0.2, -0.15) is 0 Å². The van der Waals surface area contributed by atoms with Crippen molar-refractivity contribution in [3.63, 3.8) is 0 Å². The normalized spacial score (nSPS) is 19.8. The minimum atomic E-state index is -0.758. The maximum atomic E-state index is 13.6. The largest absolute Gasteiger partial charge is 0.318 e. The molecule has 2 nitrogen and oxygen atoms in total. The number of nitrogens with one attached hydrogen (secondary N) is 1. The standard InChI is InChI=1S/C13H18F2N2.ClH/c1-16-8-11-5-3-7-17(11)9-10-4-2-6-12(14)13(10)15;/h2,4,6,11,16H,3,5,7-9H2,1H3;1H. The number of halogens is 3. The van der Waals surface area contributed by atoms with Crippen LogP contribution in [0.1, 0.15) is 18.4 Å². The predicted molar refractivity (Wildman–Crippen MR) is 71.0 cm³/mol. The van der Waals surface area contributed by atoms with Gasteiger partial charge in [-0.3, -0.25) is 4.90 Å². The first-order valence-corrected chi connectivity index (χ1v) is 6.04. The minimum absolute atomic E-state index is 0. The molecule has 1 aromatic rings. The molecule has 1 aromatic carbocycles. The summed E-state index contributed by atoms with van der Waals surface area (Å²) in [5.74, 6) is -1.46. The number of rotatable bonds is 4. The van der Waals surface area contributed by atoms with E-state index in [-0.39, 0.29) is 12.4 Å². The minimum Gasteiger partial charge on any atom is -0.318 e. The molecule has 0 bridgehead atoms. The van der Waals surface area contributed by atoms with E-state index in [2.05, 4.69) is 10.2 Å². The molecule has 1 fully saturated rings. The van der Waals surface area contributed by atoms with Crippen molar-refractivity contribution < 1.29 is 8.78 Å². The van der Waals surface area contributed by atoms with Crippen LogP contribution in [-0.2, 0) is 6.54 Å². The quantitative estimate of drug-likeness (QED) is 0.909. The first-order valence-electron chi connectivity index (χ1n) is 6.04. The van der Waals surface area contributed by atoms with Crippen LogP contribution in [-0.4, -0.2) is 31.1 Å². The number of nitrogens with zero attached hydrogens (tertiary/aromatic N) is 1. The van der Waals surface area contributed by atoms with Gasteiger partial charge in [0.25, 0.3) is 0 Å². The Balaban J connectivity index is 0.00000162. The highest BCUT2D eigenvalue weighted by atomic mass is 35.5. The average Bonchev–Trinajstić information content (AvgIpc) is 2.73. The van der Waals surface area contributed by atoms with E-state index in [1.54, 1.807) is 12.1 Å². The Bertz CT molecular complexity index is 387. The molecule has 1 unspecified atom stereocenters. The van der Waals surface area contributed by atoms with E-state index < -0.39 is 11.6 Å². The summed E-state index contributed by atoms with van der Waals surface area (Å²) in [5, 5.41) is 3.14. The fourth-order valence-corrected chi connectivity index (χ4v) is 2.46. The maximum absolute atomic E-state index is 13.6. The van der Waals surface area contributed by atoms with Crippen molar-refractivity contribution in [3.05, 3.63) is 35.4 Å². The molecule has 0 aromatic heterocycles. The second kappa shape index (κ2) is 7.02. The Morgan fingerprint density at radius 1 is 1.39 bits per heavy atom. The van der Waals surface area contributed by atoms with Crippen LogP contribution in [0.4, 0.5) is 8.78 Å². The zero-order chi connectivity index (χ0) is 12.3. The van der Waals surface area contributed by atoms with Crippen LogP contribution >= 0.6 is 12.4 Å². The smallest absolute Gasteiger partial charge is 0.163 e. The molecule has 1 N–H and O–H groups in total. The summed E-state index contributed by atoms with van der Waals surface area (Å²) in [4.78, 5) is 2.22. The van der Waals surface area contributed by atoms with Crippen molar-refractivity contribution in [2.75, 3.05) is 20.1 Å². The third kappa shape index (κ3) is 3.40. The summed E-state index contributed by atoms with van der Waals surface area (Å²) < 4.78 is 26.6. The second-order valence-electron chi connectivity index (χ2n) is 4.54. The topological polar surface area (TPSA) is 15.3 Å². The summed E-state index contributed by atoms with van der Waals surface area (Å²) >= 11 is 0. The number of likely N-dealkylation sites (N-methyl/N-ethyl adjacent to an activating group) is 1. The van der Waals surface area contributed by atoms with E-state index in [9.17, 15) is 8.78 Å². The lowest BCUT2D eigenvalue weighted by atomic mass is 10.1. The lowest BCUT2D eigenvalue weighted by Crippen LogP contribution is -2.36. The molecule has 5 heteroatoms. The highest BCUT2D eigenvalue weighted by Gasteiger charge is 2.24. The molecule has 1 aliphatic heterocycles. The van der Waals surface area contributed by atoms with Crippen LogP contribution in [0.3, 0.4) is 0 Å². The SMILES string of the molecule is CNCC1CCCN1Cc1cccc(F)c1F.Cl. The van der Waals surface area contributed by atoms with Gasteiger partial charge in [-0.1, -0.05) is 12.1 Å². The molecule has 0 amide bonds. The number of likely N-dealkylation sites (tertiary alicyclic amines) is 1. The highest BCUT2D eigenvalue weighted by Crippen LogP contribution is 2.21. The van der Waals surface area contributed by atoms with Gasteiger partial charge >= 0.3 is 0 Å². The molecule has 18 heavy (non-hydrogen) atoms. The van der Waals surface area contributed by atoms with Crippen LogP contribution in [0.25, 0.3) is 0 Å². The van der Waals surface area contributed by atoms with Gasteiger partial charge in [0.15, 0.2) is 11.6 Å². The number of benzene rings is 1. The second-order valence-corrected chi connectivity index (χ2v) is 4.54. The van der Waals surface area contributed by atoms with Crippen molar-refractivity contribution in [1.82, 2.24) is 10.2 Å². The van der Waals surface area contributed by atoms with Gasteiger partial charge in [-0.05, 0) is 32.5 Å². The molecular weight excluding hydrogens is 258 g/mol. The van der Waals surface area contributed by atoms with E-state index in [1.165, 1.54) is 0 Å². The number of hydrogen-bond donors (Lipinski definition) is 1. The van der Waals surface area contributed by atoms with Crippen LogP contribution in [0.15, 0.2) is 18.2 Å². The van der Waals surface area contributed by atoms with Crippen molar-refractivity contribution in [3.8, 4) is 0 Å². The van der Waals surface area contributed by atoms with Crippen LogP contribution in [0.5, 0.6) is 0 Å². The number of hydrogen-bond acceptors (Lipinski definition) is 2. The summed E-state index contributed by atoms with van der Waals surface area (Å²) in [5.41, 5.74) is 0.452. The van der Waals surface area contributed by atoms with Crippen LogP contribution in [0, 0.1) is 11.6 Å². The van der Waals surface area contributed by atoms with Gasteiger partial charge in [0.1, 0.15) is 0 Å². The molecule has 1 heterocycles. The van der Waals surface area contributed by atoms with Gasteiger partial charge in [-0.25, -0.2) is 8.78 Å². The lowest BCUT2D eigenvalue weighted by molar-refractivity contribution is 0.238. The van der Waals surface area contributed by atoms with Gasteiger partial charge in [0.05, 0.1) is 0 Å². The molecular formula is C13H19ClF2N2. The fourth-order valence-electron chi connectivity index (χ4n) is 2.46. The van der Waals surface area contributed by atoms with E-state index >= 15 is 0 Å². The van der Waals surface area contributed by atoms with Gasteiger partial charge in [-0.15, -0.1) is 12.4 Å². The van der Waals surface area contributed by atoms with E-state index in [1.807, 2.05) is 7.05 Å². The Hall–Kier alpha value is -0.710. The highest BCUT2D eigenvalue weighted by molar-refractivity contribution is 5.85. The Morgan fingerprint density at radius 2 is 2.17 bits per heavy atom. The third-order valence-electron chi connectivity index (χ3n) is 3.34. The van der Waals surface area contributed by atoms with Crippen LogP contribution in [0.2, 0.25) is 0 Å². The fraction of sp³-hybridized carbons (Fsp3) is 0.538. The van der Waals surface area contributed by atoms with Crippen molar-refractivity contribution >= 4 is 12.4 Å². The summed E-state index contributed by atoms with van der Waals surface area (Å²) in [6.07, 6.45) is 2.25. The average molecular weight is 277 g/mol. The molecule has 0 aliphatic carbocycles. The van der Waals surface area contributed by atoms with E-state index in [4.69, 9.17) is 0 Å². The molecule has 1 saturated heterocycles. The van der Waals surface area contributed by atoms with Crippen molar-refractivity contribution in [2.45, 2.75) is 25.4 Å². The molecule has 0 saturated carbocycles. The lowest BCUT2D eigenvalue weighted by Gasteiger charge is -2.24. The third-order valence-corrected chi connectivity index (χ3v) is 3.34. The van der Waals surface area contributed by atoms with Gasteiger partial charge in [0, 0.05) is 24.7 Å². The first kappa shape index (κ1) is 15.3. The molecule has 0 spiro atoms. The van der Waals surface area contributed by atoms with Gasteiger partial charge in [0.2, 0.25) is 0 Å². The molecule has 0 radical (unpaired) electrons. The Morgan fingerprint density at radius 3 is 2.89 bits per heavy atom. The predicted octanol–water partition coefficient (Wildman–Crippen LogP) is 2.57. The maximum Gasteiger partial charge on any atom is 0.163 e. The summed E-state index contributed by atoms with van der Waals surface area (Å²) in [6, 6.07) is 4.82. The molecule has 1 atom stereocenters. The molecule has 102 valence electrons. The van der Waals surface area contributed by atoms with E-state index in [0.717, 1.165) is 32.0 Å². The van der Waals surface area contributed by atoms with Gasteiger partial charge < -0.3 is 5.32 Å². The summed E-state index contributed by atoms with van der Waals surface area (Å²) in [7, 11) is 1.92. The van der Waals surface area contributed by atoms with Crippen molar-refractivity contribution in [1.29, 1.82) is 0 Å². The monoisotopic (exact) mass is 276 g/mol. The Kier molecular flexibility index (Phi) is 5.99. The summed E-state index contributed by atoms with van der Waals surface area (Å²) in [6.45, 7) is 2.36. The van der Waals surface area contributed by atoms with E-state index in [0.29, 0.717) is 18.2 Å². The Labute approximate surface area is 113 Å². The van der Waals surface area contributed by atoms with Crippen LogP contribution < -0.4 is 5.32 Å². The molecule has 2 rings (SSSR count).